The van der Waals surface area contributed by atoms with Crippen LogP contribution in [0, 0.1) is 0 Å². The molecule has 0 aromatic carbocycles. The second-order valence-electron chi connectivity index (χ2n) is 15.8. The van der Waals surface area contributed by atoms with Crippen molar-refractivity contribution >= 4 is 19.8 Å². The Morgan fingerprint density at radius 2 is 1.09 bits per heavy atom. The van der Waals surface area contributed by atoms with E-state index in [0.717, 1.165) is 70.6 Å². The molecule has 9 nitrogen and oxygen atoms in total. The number of unbranched alkanes of at least 4 members (excludes halogenated alkanes) is 21. The first-order valence-corrected chi connectivity index (χ1v) is 23.2. The number of carbonyl (C=O) groups is 2. The fourth-order valence-electron chi connectivity index (χ4n) is 5.85. The smallest absolute Gasteiger partial charge is 0.462 e. The molecule has 54 heavy (non-hydrogen) atoms. The van der Waals surface area contributed by atoms with E-state index in [0.29, 0.717) is 17.4 Å². The van der Waals surface area contributed by atoms with Gasteiger partial charge >= 0.3 is 19.8 Å². The van der Waals surface area contributed by atoms with E-state index in [9.17, 15) is 19.0 Å². The summed E-state index contributed by atoms with van der Waals surface area (Å²) in [6, 6.07) is 0. The molecular weight excluding hydrogens is 701 g/mol. The molecule has 0 amide bonds. The minimum absolute atomic E-state index is 0.0287. The number of phosphoric acid groups is 1. The van der Waals surface area contributed by atoms with Gasteiger partial charge in [0.2, 0.25) is 0 Å². The van der Waals surface area contributed by atoms with Crippen molar-refractivity contribution in [2.45, 2.75) is 186 Å². The lowest BCUT2D eigenvalue weighted by Gasteiger charge is -2.24. The van der Waals surface area contributed by atoms with Crippen molar-refractivity contribution in [1.82, 2.24) is 0 Å². The Bertz CT molecular complexity index is 1010. The lowest BCUT2D eigenvalue weighted by Crippen LogP contribution is -2.37. The highest BCUT2D eigenvalue weighted by molar-refractivity contribution is 7.47. The molecule has 0 fully saturated rings. The van der Waals surface area contributed by atoms with E-state index in [1.54, 1.807) is 0 Å². The first-order chi connectivity index (χ1) is 26.0. The van der Waals surface area contributed by atoms with Gasteiger partial charge in [0.05, 0.1) is 27.7 Å². The third kappa shape index (κ3) is 39.9. The maximum atomic E-state index is 12.7. The predicted octanol–water partition coefficient (Wildman–Crippen LogP) is 12.1. The largest absolute Gasteiger partial charge is 0.472 e. The predicted molar refractivity (Wildman–Crippen MR) is 224 cm³/mol. The van der Waals surface area contributed by atoms with Crippen molar-refractivity contribution in [2.24, 2.45) is 0 Å². The van der Waals surface area contributed by atoms with Gasteiger partial charge in [-0.25, -0.2) is 4.57 Å². The molecule has 0 aliphatic rings. The summed E-state index contributed by atoms with van der Waals surface area (Å²) in [6.45, 7) is 5.90. The summed E-state index contributed by atoms with van der Waals surface area (Å²) in [5, 5.41) is 0. The van der Waals surface area contributed by atoms with Crippen LogP contribution in [0.5, 0.6) is 0 Å². The number of carbonyl (C=O) groups excluding carboxylic acids is 2. The van der Waals surface area contributed by atoms with E-state index in [1.807, 2.05) is 27.2 Å². The number of nitrogens with zero attached hydrogens (tertiary/aromatic N) is 1. The minimum Gasteiger partial charge on any atom is -0.462 e. The van der Waals surface area contributed by atoms with Crippen molar-refractivity contribution in [3.05, 3.63) is 37.0 Å². The highest BCUT2D eigenvalue weighted by Gasteiger charge is 2.27. The molecule has 0 rings (SSSR count). The van der Waals surface area contributed by atoms with Crippen LogP contribution in [-0.4, -0.2) is 74.9 Å². The molecule has 10 heteroatoms. The zero-order valence-electron chi connectivity index (χ0n) is 35.3. The van der Waals surface area contributed by atoms with Crippen LogP contribution < -0.4 is 0 Å². The van der Waals surface area contributed by atoms with E-state index in [4.69, 9.17) is 18.5 Å². The Balaban J connectivity index is 4.37. The number of hydrogen-bond acceptors (Lipinski definition) is 7. The maximum Gasteiger partial charge on any atom is 0.472 e. The van der Waals surface area contributed by atoms with Gasteiger partial charge in [0.25, 0.3) is 0 Å². The van der Waals surface area contributed by atoms with Crippen LogP contribution >= 0.6 is 7.82 Å². The molecule has 0 spiro atoms. The van der Waals surface area contributed by atoms with Crippen LogP contribution in [0.3, 0.4) is 0 Å². The number of ether oxygens (including phenoxy) is 2. The molecule has 0 aliphatic heterocycles. The van der Waals surface area contributed by atoms with Gasteiger partial charge < -0.3 is 18.9 Å². The maximum absolute atomic E-state index is 12.7. The summed E-state index contributed by atoms with van der Waals surface area (Å²) in [7, 11) is 1.46. The normalized spacial score (nSPS) is 13.7. The number of allylic oxidation sites excluding steroid dienone is 5. The average molecular weight is 785 g/mol. The molecule has 1 unspecified atom stereocenters. The summed E-state index contributed by atoms with van der Waals surface area (Å²) in [6.07, 6.45) is 39.3. The summed E-state index contributed by atoms with van der Waals surface area (Å²) < 4.78 is 34.3. The number of likely N-dealkylation sites (N-methyl/N-ethyl adjacent to an activating group) is 1. The molecule has 0 heterocycles. The molecule has 0 bridgehead atoms. The van der Waals surface area contributed by atoms with Crippen molar-refractivity contribution in [3.8, 4) is 0 Å². The van der Waals surface area contributed by atoms with Crippen LogP contribution in [0.1, 0.15) is 180 Å². The molecule has 0 aromatic rings. The van der Waals surface area contributed by atoms with Gasteiger partial charge in [0.15, 0.2) is 6.10 Å². The van der Waals surface area contributed by atoms with Gasteiger partial charge in [-0.1, -0.05) is 140 Å². The first kappa shape index (κ1) is 52.2. The summed E-state index contributed by atoms with van der Waals surface area (Å²) in [5.41, 5.74) is 0. The Hall–Kier alpha value is -1.77. The number of hydrogen-bond donors (Lipinski definition) is 1. The van der Waals surface area contributed by atoms with Crippen molar-refractivity contribution in [3.63, 3.8) is 0 Å². The number of phosphoric ester groups is 1. The lowest BCUT2D eigenvalue weighted by atomic mass is 10.0. The molecular formula is C44H83NO8P+. The molecule has 0 radical (unpaired) electrons. The van der Waals surface area contributed by atoms with Gasteiger partial charge in [0, 0.05) is 12.8 Å². The fraction of sp³-hybridized carbons (Fsp3) is 0.818. The zero-order chi connectivity index (χ0) is 40.0. The molecule has 316 valence electrons. The standard InChI is InChI=1S/C44H82NO8P/c1-6-8-10-12-14-16-18-20-22-24-26-28-30-32-34-36-43(46)50-40-42(41-52-54(48,49)51-39-38-45(3,4)5)53-44(47)37-35-33-31-29-27-25-23-21-19-17-15-13-11-9-7-2/h7,14,16,20,22,42H,2,6,8-13,15,17-19,21,23-41H2,1,3-5H3/p+1/b16-14+,22-20+/t42-/m1/s1. The van der Waals surface area contributed by atoms with Gasteiger partial charge in [-0.2, -0.15) is 0 Å². The van der Waals surface area contributed by atoms with Gasteiger partial charge in [0.1, 0.15) is 19.8 Å². The zero-order valence-corrected chi connectivity index (χ0v) is 36.2. The highest BCUT2D eigenvalue weighted by Crippen LogP contribution is 2.43. The Labute approximate surface area is 331 Å². The van der Waals surface area contributed by atoms with Crippen LogP contribution in [0.2, 0.25) is 0 Å². The lowest BCUT2D eigenvalue weighted by molar-refractivity contribution is -0.870. The van der Waals surface area contributed by atoms with Crippen LogP contribution in [0.25, 0.3) is 0 Å². The topological polar surface area (TPSA) is 108 Å². The summed E-state index contributed by atoms with van der Waals surface area (Å²) in [4.78, 5) is 35.3. The number of esters is 2. The van der Waals surface area contributed by atoms with Crippen molar-refractivity contribution in [2.75, 3.05) is 47.5 Å². The molecule has 2 atom stereocenters. The highest BCUT2D eigenvalue weighted by atomic mass is 31.2. The monoisotopic (exact) mass is 785 g/mol. The molecule has 0 saturated heterocycles. The van der Waals surface area contributed by atoms with Crippen LogP contribution in [0.4, 0.5) is 0 Å². The third-order valence-corrected chi connectivity index (χ3v) is 10.3. The molecule has 0 aromatic heterocycles. The summed E-state index contributed by atoms with van der Waals surface area (Å²) in [5.74, 6) is -0.816. The third-order valence-electron chi connectivity index (χ3n) is 9.29. The van der Waals surface area contributed by atoms with Gasteiger partial charge in [-0.05, 0) is 57.8 Å². The second kappa shape index (κ2) is 36.8. The number of rotatable bonds is 40. The van der Waals surface area contributed by atoms with Crippen LogP contribution in [0.15, 0.2) is 37.0 Å². The Morgan fingerprint density at radius 1 is 0.630 bits per heavy atom. The first-order valence-electron chi connectivity index (χ1n) is 21.7. The van der Waals surface area contributed by atoms with Gasteiger partial charge in [-0.15, -0.1) is 6.58 Å². The van der Waals surface area contributed by atoms with Gasteiger partial charge in [-0.3, -0.25) is 18.6 Å². The average Bonchev–Trinajstić information content (AvgIpc) is 3.12. The van der Waals surface area contributed by atoms with E-state index in [2.05, 4.69) is 37.8 Å². The van der Waals surface area contributed by atoms with E-state index in [1.165, 1.54) is 83.5 Å². The van der Waals surface area contributed by atoms with E-state index < -0.39 is 26.5 Å². The second-order valence-corrected chi connectivity index (χ2v) is 17.3. The Kier molecular flexibility index (Phi) is 35.6. The molecule has 0 saturated carbocycles. The van der Waals surface area contributed by atoms with Crippen LogP contribution in [-0.2, 0) is 32.7 Å². The quantitative estimate of drug-likeness (QED) is 0.0215. The summed E-state index contributed by atoms with van der Waals surface area (Å²) >= 11 is 0. The molecule has 0 aliphatic carbocycles. The SMILES string of the molecule is C=CCCCCCCCCCCCCCCCC(=O)O[C@H](COC(=O)CCCCCCC/C=C/C/C=C/CCCCC)COP(=O)(O)OCC[N+](C)(C)C. The van der Waals surface area contributed by atoms with Crippen molar-refractivity contribution in [1.29, 1.82) is 0 Å². The minimum atomic E-state index is -4.38. The molecule has 1 N–H and O–H groups in total. The van der Waals surface area contributed by atoms with Crippen molar-refractivity contribution < 1.29 is 42.1 Å². The Morgan fingerprint density at radius 3 is 1.59 bits per heavy atom. The number of quaternary nitrogens is 1. The van der Waals surface area contributed by atoms with E-state index >= 15 is 0 Å². The fourth-order valence-corrected chi connectivity index (χ4v) is 6.59. The van der Waals surface area contributed by atoms with E-state index in [-0.39, 0.29) is 32.0 Å².